The second kappa shape index (κ2) is 14.1. The number of likely N-dealkylation sites (N-methyl/N-ethyl adjacent to an activating group) is 1. The Kier molecular flexibility index (Phi) is 9.81. The molecule has 218 valence electrons. The fourth-order valence-corrected chi connectivity index (χ4v) is 4.83. The van der Waals surface area contributed by atoms with E-state index in [1.54, 1.807) is 24.4 Å². The number of pyridine rings is 1. The summed E-state index contributed by atoms with van der Waals surface area (Å²) in [5, 5.41) is 7.31. The lowest BCUT2D eigenvalue weighted by atomic mass is 10.1. The minimum absolute atomic E-state index is 0.309. The highest BCUT2D eigenvalue weighted by Gasteiger charge is 2.16. The van der Waals surface area contributed by atoms with Gasteiger partial charge in [-0.3, -0.25) is 9.78 Å². The molecular formula is C31H34ClN7O3. The van der Waals surface area contributed by atoms with Crippen LogP contribution in [0.3, 0.4) is 0 Å². The number of ether oxygens (including phenoxy) is 2. The van der Waals surface area contributed by atoms with Crippen LogP contribution in [0.2, 0.25) is 5.02 Å². The summed E-state index contributed by atoms with van der Waals surface area (Å²) < 4.78 is 12.0. The van der Waals surface area contributed by atoms with Crippen LogP contribution in [0.5, 0.6) is 11.5 Å². The first-order valence-corrected chi connectivity index (χ1v) is 14.2. The van der Waals surface area contributed by atoms with Gasteiger partial charge in [0, 0.05) is 56.1 Å². The highest BCUT2D eigenvalue weighted by molar-refractivity contribution is 6.32. The maximum absolute atomic E-state index is 12.2. The Morgan fingerprint density at radius 1 is 1.05 bits per heavy atom. The molecule has 5 rings (SSSR count). The van der Waals surface area contributed by atoms with Crippen molar-refractivity contribution < 1.29 is 14.3 Å². The molecule has 3 heterocycles. The zero-order valence-corrected chi connectivity index (χ0v) is 24.3. The van der Waals surface area contributed by atoms with Crippen molar-refractivity contribution in [1.29, 1.82) is 0 Å². The SMILES string of the molecule is C=CC(=O)Nc1cc2c(Nc3ccc(OCc4ccccn4)c(Cl)c3)ncnc2cc1OCCCN1CCN(C)CC1. The van der Waals surface area contributed by atoms with Gasteiger partial charge in [-0.15, -0.1) is 0 Å². The normalized spacial score (nSPS) is 14.0. The van der Waals surface area contributed by atoms with Gasteiger partial charge in [-0.1, -0.05) is 24.2 Å². The van der Waals surface area contributed by atoms with E-state index in [1.165, 1.54) is 12.4 Å². The summed E-state index contributed by atoms with van der Waals surface area (Å²) in [5.41, 5.74) is 2.70. The van der Waals surface area contributed by atoms with Crippen LogP contribution in [-0.4, -0.2) is 77.0 Å². The van der Waals surface area contributed by atoms with Gasteiger partial charge in [0.15, 0.2) is 0 Å². The van der Waals surface area contributed by atoms with E-state index < -0.39 is 0 Å². The van der Waals surface area contributed by atoms with Gasteiger partial charge in [0.2, 0.25) is 5.91 Å². The molecule has 10 nitrogen and oxygen atoms in total. The number of carbonyl (C=O) groups excluding carboxylic acids is 1. The molecule has 2 aromatic carbocycles. The molecule has 11 heteroatoms. The van der Waals surface area contributed by atoms with E-state index in [0.29, 0.717) is 57.8 Å². The number of amides is 1. The molecule has 1 saturated heterocycles. The third kappa shape index (κ3) is 7.73. The molecule has 0 unspecified atom stereocenters. The van der Waals surface area contributed by atoms with Gasteiger partial charge < -0.3 is 29.9 Å². The third-order valence-corrected chi connectivity index (χ3v) is 7.24. The molecule has 4 aromatic rings. The van der Waals surface area contributed by atoms with Gasteiger partial charge in [0.05, 0.1) is 28.5 Å². The van der Waals surface area contributed by atoms with Crippen LogP contribution < -0.4 is 20.1 Å². The minimum Gasteiger partial charge on any atom is -0.491 e. The first kappa shape index (κ1) is 29.2. The van der Waals surface area contributed by atoms with Crippen LogP contribution in [0.25, 0.3) is 10.9 Å². The number of carbonyl (C=O) groups is 1. The number of halogens is 1. The molecule has 0 spiro atoms. The number of nitrogens with zero attached hydrogens (tertiary/aromatic N) is 5. The summed E-state index contributed by atoms with van der Waals surface area (Å²) >= 11 is 6.52. The van der Waals surface area contributed by atoms with E-state index in [2.05, 4.69) is 49.0 Å². The Balaban J connectivity index is 1.30. The highest BCUT2D eigenvalue weighted by Crippen LogP contribution is 2.35. The average Bonchev–Trinajstić information content (AvgIpc) is 3.00. The van der Waals surface area contributed by atoms with Crippen molar-refractivity contribution in [2.75, 3.05) is 57.0 Å². The fraction of sp³-hybridized carbons (Fsp3) is 0.290. The van der Waals surface area contributed by atoms with Crippen LogP contribution in [0.4, 0.5) is 17.2 Å². The largest absolute Gasteiger partial charge is 0.491 e. The van der Waals surface area contributed by atoms with Crippen LogP contribution in [-0.2, 0) is 11.4 Å². The van der Waals surface area contributed by atoms with Crippen LogP contribution >= 0.6 is 11.6 Å². The van der Waals surface area contributed by atoms with Gasteiger partial charge in [0.1, 0.15) is 30.3 Å². The van der Waals surface area contributed by atoms with Crippen molar-refractivity contribution in [2.24, 2.45) is 0 Å². The zero-order chi connectivity index (χ0) is 29.3. The number of hydrogen-bond donors (Lipinski definition) is 2. The van der Waals surface area contributed by atoms with Gasteiger partial charge in [-0.2, -0.15) is 0 Å². The predicted molar refractivity (Wildman–Crippen MR) is 166 cm³/mol. The van der Waals surface area contributed by atoms with Gasteiger partial charge in [-0.05, 0) is 55.9 Å². The number of fused-ring (bicyclic) bond motifs is 1. The molecule has 1 fully saturated rings. The minimum atomic E-state index is -0.337. The molecule has 1 amide bonds. The van der Waals surface area contributed by atoms with Gasteiger partial charge in [-0.25, -0.2) is 9.97 Å². The third-order valence-electron chi connectivity index (χ3n) is 6.95. The number of aromatic nitrogens is 3. The number of benzene rings is 2. The Morgan fingerprint density at radius 2 is 1.90 bits per heavy atom. The zero-order valence-electron chi connectivity index (χ0n) is 23.6. The van der Waals surface area contributed by atoms with Gasteiger partial charge in [0.25, 0.3) is 0 Å². The summed E-state index contributed by atoms with van der Waals surface area (Å²) in [7, 11) is 2.15. The van der Waals surface area contributed by atoms with Crippen molar-refractivity contribution >= 4 is 45.6 Å². The lowest BCUT2D eigenvalue weighted by Gasteiger charge is -2.32. The monoisotopic (exact) mass is 587 g/mol. The Labute approximate surface area is 250 Å². The molecule has 2 N–H and O–H groups in total. The maximum Gasteiger partial charge on any atom is 0.247 e. The van der Waals surface area contributed by atoms with Crippen LogP contribution in [0.15, 0.2) is 73.7 Å². The number of piperazine rings is 1. The van der Waals surface area contributed by atoms with Gasteiger partial charge >= 0.3 is 0 Å². The number of anilines is 3. The standard InChI is InChI=1S/C31H34ClN7O3/c1-3-30(40)37-27-18-24-26(19-29(27)41-16-6-11-39-14-12-38(2)13-15-39)34-21-35-31(24)36-22-8-9-28(25(32)17-22)42-20-23-7-4-5-10-33-23/h3-5,7-10,17-19,21H,1,6,11-16,20H2,2H3,(H,37,40)(H,34,35,36). The van der Waals surface area contributed by atoms with E-state index in [9.17, 15) is 4.79 Å². The van der Waals surface area contributed by atoms with E-state index in [1.807, 2.05) is 30.3 Å². The van der Waals surface area contributed by atoms with Crippen molar-refractivity contribution in [2.45, 2.75) is 13.0 Å². The molecule has 2 aromatic heterocycles. The molecule has 0 bridgehead atoms. The Hall–Kier alpha value is -4.25. The summed E-state index contributed by atoms with van der Waals surface area (Å²) in [6, 6.07) is 14.7. The molecule has 1 aliphatic heterocycles. The average molecular weight is 588 g/mol. The van der Waals surface area contributed by atoms with E-state index in [0.717, 1.165) is 44.8 Å². The van der Waals surface area contributed by atoms with E-state index in [-0.39, 0.29) is 5.91 Å². The molecule has 0 radical (unpaired) electrons. The van der Waals surface area contributed by atoms with Crippen LogP contribution in [0.1, 0.15) is 12.1 Å². The molecule has 42 heavy (non-hydrogen) atoms. The lowest BCUT2D eigenvalue weighted by molar-refractivity contribution is -0.111. The first-order valence-electron chi connectivity index (χ1n) is 13.8. The molecule has 0 saturated carbocycles. The Bertz CT molecular complexity index is 1530. The molecule has 0 atom stereocenters. The quantitative estimate of drug-likeness (QED) is 0.172. The molecule has 0 aliphatic carbocycles. The van der Waals surface area contributed by atoms with Crippen molar-refractivity contribution in [1.82, 2.24) is 24.8 Å². The van der Waals surface area contributed by atoms with Crippen molar-refractivity contribution in [3.8, 4) is 11.5 Å². The number of rotatable bonds is 12. The molecule has 1 aliphatic rings. The second-order valence-electron chi connectivity index (χ2n) is 10.0. The summed E-state index contributed by atoms with van der Waals surface area (Å²) in [5.74, 6) is 1.30. The first-order chi connectivity index (χ1) is 20.5. The number of nitrogens with one attached hydrogen (secondary N) is 2. The van der Waals surface area contributed by atoms with Crippen molar-refractivity contribution in [3.05, 3.63) is 84.4 Å². The van der Waals surface area contributed by atoms with E-state index in [4.69, 9.17) is 21.1 Å². The fourth-order valence-electron chi connectivity index (χ4n) is 4.59. The van der Waals surface area contributed by atoms with Crippen LogP contribution in [0, 0.1) is 0 Å². The Morgan fingerprint density at radius 3 is 2.67 bits per heavy atom. The van der Waals surface area contributed by atoms with Crippen molar-refractivity contribution in [3.63, 3.8) is 0 Å². The topological polar surface area (TPSA) is 105 Å². The molecular weight excluding hydrogens is 554 g/mol. The lowest BCUT2D eigenvalue weighted by Crippen LogP contribution is -2.44. The summed E-state index contributed by atoms with van der Waals surface area (Å²) in [6.07, 6.45) is 5.30. The second-order valence-corrected chi connectivity index (χ2v) is 10.4. The smallest absolute Gasteiger partial charge is 0.247 e. The van der Waals surface area contributed by atoms with E-state index >= 15 is 0 Å². The maximum atomic E-state index is 12.2. The number of hydrogen-bond acceptors (Lipinski definition) is 9. The summed E-state index contributed by atoms with van der Waals surface area (Å²) in [4.78, 5) is 30.2. The predicted octanol–water partition coefficient (Wildman–Crippen LogP) is 5.14. The highest BCUT2D eigenvalue weighted by atomic mass is 35.5. The summed E-state index contributed by atoms with van der Waals surface area (Å²) in [6.45, 7) is 9.64.